The van der Waals surface area contributed by atoms with Crippen molar-refractivity contribution in [3.63, 3.8) is 0 Å². The van der Waals surface area contributed by atoms with Gasteiger partial charge in [-0.1, -0.05) is 52.6 Å². The number of carbonyl (C=O) groups is 2. The predicted molar refractivity (Wildman–Crippen MR) is 145 cm³/mol. The number of carbonyl (C=O) groups excluding carboxylic acids is 2. The maximum Gasteiger partial charge on any atom is 0.254 e. The lowest BCUT2D eigenvalue weighted by Gasteiger charge is -2.40. The van der Waals surface area contributed by atoms with Crippen LogP contribution < -0.4 is 0 Å². The van der Waals surface area contributed by atoms with Gasteiger partial charge in [-0.3, -0.25) is 14.2 Å². The van der Waals surface area contributed by atoms with Gasteiger partial charge in [0.05, 0.1) is 15.7 Å². The number of halogens is 3. The van der Waals surface area contributed by atoms with Crippen molar-refractivity contribution in [2.45, 2.75) is 37.9 Å². The maximum absolute atomic E-state index is 12.9. The van der Waals surface area contributed by atoms with Crippen molar-refractivity contribution in [2.75, 3.05) is 25.4 Å². The first kappa shape index (κ1) is 26.8. The van der Waals surface area contributed by atoms with Crippen molar-refractivity contribution < 1.29 is 9.59 Å². The first-order chi connectivity index (χ1) is 17.2. The molecule has 36 heavy (non-hydrogen) atoms. The van der Waals surface area contributed by atoms with E-state index in [0.29, 0.717) is 53.1 Å². The molecule has 4 rings (SSSR count). The molecular formula is C25H26Cl3N5O2S. The summed E-state index contributed by atoms with van der Waals surface area (Å²) < 4.78 is 1.96. The first-order valence-corrected chi connectivity index (χ1v) is 13.7. The van der Waals surface area contributed by atoms with E-state index in [-0.39, 0.29) is 17.9 Å². The number of thioether (sulfide) groups is 1. The van der Waals surface area contributed by atoms with E-state index in [0.717, 1.165) is 22.4 Å². The number of amides is 2. The monoisotopic (exact) mass is 565 g/mol. The second-order valence-electron chi connectivity index (χ2n) is 8.61. The molecule has 11 heteroatoms. The molecule has 0 radical (unpaired) electrons. The molecule has 2 amide bonds. The Morgan fingerprint density at radius 3 is 2.58 bits per heavy atom. The van der Waals surface area contributed by atoms with Gasteiger partial charge in [0, 0.05) is 48.4 Å². The Bertz CT molecular complexity index is 1270. The number of rotatable bonds is 7. The Labute approximate surface area is 229 Å². The number of hydrogen-bond acceptors (Lipinski definition) is 5. The molecule has 2 heterocycles. The zero-order valence-electron chi connectivity index (χ0n) is 20.0. The quantitative estimate of drug-likeness (QED) is 0.268. The number of aryl methyl sites for hydroxylation is 1. The van der Waals surface area contributed by atoms with Crippen molar-refractivity contribution in [3.05, 3.63) is 68.9 Å². The third-order valence-corrected chi connectivity index (χ3v) is 8.02. The van der Waals surface area contributed by atoms with Crippen molar-refractivity contribution in [2.24, 2.45) is 0 Å². The number of aromatic nitrogens is 3. The highest BCUT2D eigenvalue weighted by Gasteiger charge is 2.30. The third-order valence-electron chi connectivity index (χ3n) is 6.04. The summed E-state index contributed by atoms with van der Waals surface area (Å²) in [6.45, 7) is 5.33. The van der Waals surface area contributed by atoms with Gasteiger partial charge in [0.2, 0.25) is 5.91 Å². The zero-order chi connectivity index (χ0) is 25.8. The summed E-state index contributed by atoms with van der Waals surface area (Å²) in [5, 5.41) is 10.7. The van der Waals surface area contributed by atoms with E-state index in [1.807, 2.05) is 47.6 Å². The van der Waals surface area contributed by atoms with Gasteiger partial charge in [-0.2, -0.15) is 0 Å². The van der Waals surface area contributed by atoms with Gasteiger partial charge in [-0.05, 0) is 56.7 Å². The van der Waals surface area contributed by atoms with Gasteiger partial charge in [-0.15, -0.1) is 10.2 Å². The number of benzene rings is 2. The van der Waals surface area contributed by atoms with E-state index in [1.54, 1.807) is 34.9 Å². The van der Waals surface area contributed by atoms with E-state index in [1.165, 1.54) is 0 Å². The van der Waals surface area contributed by atoms with Gasteiger partial charge >= 0.3 is 0 Å². The van der Waals surface area contributed by atoms with Crippen LogP contribution in [0.5, 0.6) is 0 Å². The van der Waals surface area contributed by atoms with Gasteiger partial charge in [0.1, 0.15) is 5.82 Å². The molecule has 3 aromatic rings. The topological polar surface area (TPSA) is 71.3 Å². The SMILES string of the molecule is Cc1nnc(SCCCC(=O)N2CCN(C(=O)c3ccc(Cl)c(Cl)c3)C(C)C2)n1-c1cccc(Cl)c1. The Morgan fingerprint density at radius 2 is 1.86 bits per heavy atom. The van der Waals surface area contributed by atoms with E-state index >= 15 is 0 Å². The first-order valence-electron chi connectivity index (χ1n) is 11.6. The summed E-state index contributed by atoms with van der Waals surface area (Å²) >= 11 is 19.8. The Morgan fingerprint density at radius 1 is 1.06 bits per heavy atom. The molecular weight excluding hydrogens is 541 g/mol. The lowest BCUT2D eigenvalue weighted by Crippen LogP contribution is -2.55. The molecule has 1 aliphatic heterocycles. The largest absolute Gasteiger partial charge is 0.339 e. The van der Waals surface area contributed by atoms with Crippen LogP contribution in [0.3, 0.4) is 0 Å². The van der Waals surface area contributed by atoms with Gasteiger partial charge < -0.3 is 9.80 Å². The van der Waals surface area contributed by atoms with E-state index < -0.39 is 0 Å². The fraction of sp³-hybridized carbons (Fsp3) is 0.360. The second-order valence-corrected chi connectivity index (χ2v) is 10.9. The minimum atomic E-state index is -0.108. The number of nitrogens with zero attached hydrogens (tertiary/aromatic N) is 5. The summed E-state index contributed by atoms with van der Waals surface area (Å²) in [6, 6.07) is 12.3. The van der Waals surface area contributed by atoms with Crippen LogP contribution in [-0.4, -0.2) is 67.8 Å². The molecule has 7 nitrogen and oxygen atoms in total. The molecule has 1 fully saturated rings. The van der Waals surface area contributed by atoms with Crippen LogP contribution >= 0.6 is 46.6 Å². The van der Waals surface area contributed by atoms with Gasteiger partial charge in [-0.25, -0.2) is 0 Å². The van der Waals surface area contributed by atoms with Crippen LogP contribution in [0, 0.1) is 6.92 Å². The summed E-state index contributed by atoms with van der Waals surface area (Å²) in [7, 11) is 0. The standard InChI is InChI=1S/C25H26Cl3N5O2S/c1-16-15-31(10-11-32(16)24(35)18-8-9-21(27)22(28)13-18)23(34)7-4-12-36-25-30-29-17(2)33(25)20-6-3-5-19(26)14-20/h3,5-6,8-9,13-14,16H,4,7,10-12,15H2,1-2H3. The summed E-state index contributed by atoms with van der Waals surface area (Å²) in [5.41, 5.74) is 1.40. The van der Waals surface area contributed by atoms with Crippen molar-refractivity contribution in [1.29, 1.82) is 0 Å². The summed E-state index contributed by atoms with van der Waals surface area (Å²) in [4.78, 5) is 29.4. The molecule has 1 atom stereocenters. The molecule has 2 aromatic carbocycles. The maximum atomic E-state index is 12.9. The molecule has 0 saturated carbocycles. The molecule has 0 aliphatic carbocycles. The Hall–Kier alpha value is -2.26. The smallest absolute Gasteiger partial charge is 0.254 e. The third kappa shape index (κ3) is 6.17. The van der Waals surface area contributed by atoms with Crippen LogP contribution in [0.4, 0.5) is 0 Å². The average Bonchev–Trinajstić information content (AvgIpc) is 3.23. The van der Waals surface area contributed by atoms with Gasteiger partial charge in [0.15, 0.2) is 5.16 Å². The number of hydrogen-bond donors (Lipinski definition) is 0. The van der Waals surface area contributed by atoms with E-state index in [4.69, 9.17) is 34.8 Å². The second kappa shape index (κ2) is 11.9. The van der Waals surface area contributed by atoms with Crippen LogP contribution in [0.25, 0.3) is 5.69 Å². The minimum Gasteiger partial charge on any atom is -0.339 e. The molecule has 0 bridgehead atoms. The summed E-state index contributed by atoms with van der Waals surface area (Å²) in [5.74, 6) is 1.49. The van der Waals surface area contributed by atoms with Crippen LogP contribution in [0.15, 0.2) is 47.6 Å². The van der Waals surface area contributed by atoms with E-state index in [9.17, 15) is 9.59 Å². The molecule has 1 unspecified atom stereocenters. The van der Waals surface area contributed by atoms with E-state index in [2.05, 4.69) is 10.2 Å². The van der Waals surface area contributed by atoms with Crippen molar-refractivity contribution >= 4 is 58.4 Å². The lowest BCUT2D eigenvalue weighted by molar-refractivity contribution is -0.133. The molecule has 0 N–H and O–H groups in total. The van der Waals surface area contributed by atoms with Crippen LogP contribution in [-0.2, 0) is 4.79 Å². The van der Waals surface area contributed by atoms with Crippen LogP contribution in [0.1, 0.15) is 35.9 Å². The number of piperazine rings is 1. The molecule has 190 valence electrons. The molecule has 1 saturated heterocycles. The van der Waals surface area contributed by atoms with Gasteiger partial charge in [0.25, 0.3) is 5.91 Å². The van der Waals surface area contributed by atoms with Crippen molar-refractivity contribution in [1.82, 2.24) is 24.6 Å². The fourth-order valence-electron chi connectivity index (χ4n) is 4.17. The Kier molecular flexibility index (Phi) is 8.83. The molecule has 1 aliphatic rings. The highest BCUT2D eigenvalue weighted by atomic mass is 35.5. The fourth-order valence-corrected chi connectivity index (χ4v) is 5.59. The predicted octanol–water partition coefficient (Wildman–Crippen LogP) is 5.78. The molecule has 1 aromatic heterocycles. The lowest BCUT2D eigenvalue weighted by atomic mass is 10.1. The zero-order valence-corrected chi connectivity index (χ0v) is 23.0. The Balaban J connectivity index is 1.27. The average molecular weight is 567 g/mol. The van der Waals surface area contributed by atoms with Crippen LogP contribution in [0.2, 0.25) is 15.1 Å². The van der Waals surface area contributed by atoms with Crippen molar-refractivity contribution in [3.8, 4) is 5.69 Å². The normalized spacial score (nSPS) is 15.9. The molecule has 0 spiro atoms. The highest BCUT2D eigenvalue weighted by molar-refractivity contribution is 7.99. The highest BCUT2D eigenvalue weighted by Crippen LogP contribution is 2.26. The minimum absolute atomic E-state index is 0.0941. The summed E-state index contributed by atoms with van der Waals surface area (Å²) in [6.07, 6.45) is 1.15.